The zero-order chi connectivity index (χ0) is 17.7. The molecule has 0 fully saturated rings. The Morgan fingerprint density at radius 1 is 1.12 bits per heavy atom. The fourth-order valence-corrected chi connectivity index (χ4v) is 4.96. The molecule has 5 nitrogen and oxygen atoms in total. The molecule has 0 amide bonds. The van der Waals surface area contributed by atoms with Gasteiger partial charge >= 0.3 is 0 Å². The Kier molecular flexibility index (Phi) is 3.53. The smallest absolute Gasteiger partial charge is 0.260 e. The topological polar surface area (TPSA) is 74.4 Å². The summed E-state index contributed by atoms with van der Waals surface area (Å²) < 4.78 is 0. The maximum atomic E-state index is 12.8. The van der Waals surface area contributed by atoms with Crippen molar-refractivity contribution in [2.75, 3.05) is 0 Å². The molecule has 0 spiro atoms. The summed E-state index contributed by atoms with van der Waals surface area (Å²) in [6.45, 7) is 2.06. The first kappa shape index (κ1) is 15.5. The molecule has 0 unspecified atom stereocenters. The molecule has 1 aliphatic rings. The minimum Gasteiger partial charge on any atom is -0.306 e. The number of H-pyrrole nitrogens is 2. The van der Waals surface area contributed by atoms with Crippen molar-refractivity contribution in [3.8, 4) is 22.6 Å². The van der Waals surface area contributed by atoms with Gasteiger partial charge in [-0.2, -0.15) is 5.10 Å². The highest BCUT2D eigenvalue weighted by atomic mass is 32.1. The average molecular weight is 362 g/mol. The van der Waals surface area contributed by atoms with Gasteiger partial charge in [0.25, 0.3) is 5.56 Å². The van der Waals surface area contributed by atoms with E-state index in [2.05, 4.69) is 34.2 Å². The highest BCUT2D eigenvalue weighted by Crippen LogP contribution is 2.35. The van der Waals surface area contributed by atoms with Crippen LogP contribution in [-0.4, -0.2) is 20.2 Å². The van der Waals surface area contributed by atoms with Crippen LogP contribution in [0.3, 0.4) is 0 Å². The van der Waals surface area contributed by atoms with Gasteiger partial charge in [0.15, 0.2) is 0 Å². The van der Waals surface area contributed by atoms with E-state index in [0.29, 0.717) is 5.82 Å². The summed E-state index contributed by atoms with van der Waals surface area (Å²) in [6.07, 6.45) is 6.13. The number of fused-ring (bicyclic) bond motifs is 3. The summed E-state index contributed by atoms with van der Waals surface area (Å²) in [7, 11) is 0. The number of rotatable bonds is 2. The van der Waals surface area contributed by atoms with Crippen molar-refractivity contribution in [2.24, 2.45) is 0 Å². The largest absolute Gasteiger partial charge is 0.306 e. The summed E-state index contributed by atoms with van der Waals surface area (Å²) >= 11 is 1.67. The molecule has 3 aromatic heterocycles. The SMILES string of the molecule is Cc1ccc(-c2[nH]ncc2-c2nc3sc4c(c3c(=O)[nH]2)CCCC4)cc1. The van der Waals surface area contributed by atoms with E-state index in [9.17, 15) is 4.79 Å². The molecule has 3 heterocycles. The van der Waals surface area contributed by atoms with Crippen molar-refractivity contribution in [3.63, 3.8) is 0 Å². The van der Waals surface area contributed by atoms with E-state index in [1.807, 2.05) is 12.1 Å². The highest BCUT2D eigenvalue weighted by Gasteiger charge is 2.21. The highest BCUT2D eigenvalue weighted by molar-refractivity contribution is 7.18. The van der Waals surface area contributed by atoms with E-state index in [-0.39, 0.29) is 5.56 Å². The summed E-state index contributed by atoms with van der Waals surface area (Å²) in [5.41, 5.74) is 5.08. The number of aromatic nitrogens is 4. The number of aryl methyl sites for hydroxylation is 3. The van der Waals surface area contributed by atoms with E-state index >= 15 is 0 Å². The van der Waals surface area contributed by atoms with Gasteiger partial charge in [-0.25, -0.2) is 4.98 Å². The molecule has 0 aliphatic heterocycles. The van der Waals surface area contributed by atoms with Crippen molar-refractivity contribution < 1.29 is 0 Å². The fourth-order valence-electron chi connectivity index (χ4n) is 3.70. The lowest BCUT2D eigenvalue weighted by Crippen LogP contribution is -2.11. The molecule has 130 valence electrons. The molecule has 0 atom stereocenters. The third-order valence-corrected chi connectivity index (χ3v) is 6.25. The quantitative estimate of drug-likeness (QED) is 0.560. The van der Waals surface area contributed by atoms with Gasteiger partial charge in [0.2, 0.25) is 0 Å². The van der Waals surface area contributed by atoms with Crippen molar-refractivity contribution in [1.29, 1.82) is 0 Å². The van der Waals surface area contributed by atoms with E-state index in [0.717, 1.165) is 46.3 Å². The number of hydrogen-bond acceptors (Lipinski definition) is 4. The maximum absolute atomic E-state index is 12.8. The summed E-state index contributed by atoms with van der Waals surface area (Å²) in [5.74, 6) is 0.574. The van der Waals surface area contributed by atoms with Gasteiger partial charge in [-0.15, -0.1) is 11.3 Å². The van der Waals surface area contributed by atoms with Gasteiger partial charge in [0.05, 0.1) is 22.8 Å². The van der Waals surface area contributed by atoms with Crippen LogP contribution < -0.4 is 5.56 Å². The summed E-state index contributed by atoms with van der Waals surface area (Å²) in [4.78, 5) is 22.7. The van der Waals surface area contributed by atoms with Crippen LogP contribution in [0, 0.1) is 6.92 Å². The Bertz CT molecular complexity index is 1170. The van der Waals surface area contributed by atoms with Crippen molar-refractivity contribution in [2.45, 2.75) is 32.6 Å². The van der Waals surface area contributed by atoms with Gasteiger partial charge in [-0.3, -0.25) is 9.89 Å². The second kappa shape index (κ2) is 5.92. The monoisotopic (exact) mass is 362 g/mol. The Labute approximate surface area is 154 Å². The molecule has 2 N–H and O–H groups in total. The molecule has 0 radical (unpaired) electrons. The lowest BCUT2D eigenvalue weighted by atomic mass is 9.97. The van der Waals surface area contributed by atoms with E-state index < -0.39 is 0 Å². The molecule has 4 aromatic rings. The number of benzene rings is 1. The molecular formula is C20H18N4OS. The van der Waals surface area contributed by atoms with Crippen LogP contribution in [-0.2, 0) is 12.8 Å². The van der Waals surface area contributed by atoms with Gasteiger partial charge in [0, 0.05) is 10.4 Å². The molecular weight excluding hydrogens is 344 g/mol. The van der Waals surface area contributed by atoms with Crippen LogP contribution >= 0.6 is 11.3 Å². The predicted molar refractivity (Wildman–Crippen MR) is 105 cm³/mol. The van der Waals surface area contributed by atoms with E-state index in [1.165, 1.54) is 22.4 Å². The third-order valence-electron chi connectivity index (χ3n) is 5.06. The summed E-state index contributed by atoms with van der Waals surface area (Å²) in [5, 5.41) is 8.02. The zero-order valence-corrected chi connectivity index (χ0v) is 15.2. The fraction of sp³-hybridized carbons (Fsp3) is 0.250. The number of thiophene rings is 1. The third kappa shape index (κ3) is 2.41. The second-order valence-corrected chi connectivity index (χ2v) is 7.91. The molecule has 1 aliphatic carbocycles. The molecule has 6 heteroatoms. The average Bonchev–Trinajstić information content (AvgIpc) is 3.26. The van der Waals surface area contributed by atoms with Crippen LogP contribution in [0.2, 0.25) is 0 Å². The predicted octanol–water partition coefficient (Wildman–Crippen LogP) is 4.23. The Morgan fingerprint density at radius 2 is 1.92 bits per heavy atom. The molecule has 0 saturated carbocycles. The second-order valence-electron chi connectivity index (χ2n) is 6.83. The van der Waals surface area contributed by atoms with Crippen molar-refractivity contribution in [3.05, 3.63) is 56.8 Å². The van der Waals surface area contributed by atoms with Crippen LogP contribution in [0.1, 0.15) is 28.8 Å². The first-order chi connectivity index (χ1) is 12.7. The van der Waals surface area contributed by atoms with Crippen LogP contribution in [0.25, 0.3) is 32.9 Å². The van der Waals surface area contributed by atoms with Crippen LogP contribution in [0.5, 0.6) is 0 Å². The minimum atomic E-state index is -0.0412. The first-order valence-electron chi connectivity index (χ1n) is 8.86. The number of aromatic amines is 2. The lowest BCUT2D eigenvalue weighted by molar-refractivity contribution is 0.700. The molecule has 0 bridgehead atoms. The number of nitrogens with zero attached hydrogens (tertiary/aromatic N) is 2. The Hall–Kier alpha value is -2.73. The lowest BCUT2D eigenvalue weighted by Gasteiger charge is -2.09. The van der Waals surface area contributed by atoms with Gasteiger partial charge < -0.3 is 4.98 Å². The Morgan fingerprint density at radius 3 is 2.77 bits per heavy atom. The first-order valence-corrected chi connectivity index (χ1v) is 9.68. The standard InChI is InChI=1S/C20H18N4OS/c1-11-6-8-12(9-7-11)17-14(10-21-24-17)18-22-19(25)16-13-4-2-3-5-15(13)26-20(16)23-18/h6-10H,2-5H2,1H3,(H,21,24)(H,22,23,25). The molecule has 1 aromatic carbocycles. The number of hydrogen-bond donors (Lipinski definition) is 2. The molecule has 5 rings (SSSR count). The van der Waals surface area contributed by atoms with Crippen LogP contribution in [0.4, 0.5) is 0 Å². The normalized spacial score (nSPS) is 13.9. The molecule has 26 heavy (non-hydrogen) atoms. The van der Waals surface area contributed by atoms with Gasteiger partial charge in [-0.05, 0) is 38.2 Å². The Balaban J connectivity index is 1.68. The van der Waals surface area contributed by atoms with E-state index in [4.69, 9.17) is 4.98 Å². The van der Waals surface area contributed by atoms with Crippen molar-refractivity contribution in [1.82, 2.24) is 20.2 Å². The minimum absolute atomic E-state index is 0.0412. The van der Waals surface area contributed by atoms with E-state index in [1.54, 1.807) is 17.5 Å². The van der Waals surface area contributed by atoms with Crippen molar-refractivity contribution >= 4 is 21.6 Å². The van der Waals surface area contributed by atoms with Crippen LogP contribution in [0.15, 0.2) is 35.3 Å². The van der Waals surface area contributed by atoms with Gasteiger partial charge in [0.1, 0.15) is 10.7 Å². The number of nitrogens with one attached hydrogen (secondary N) is 2. The maximum Gasteiger partial charge on any atom is 0.260 e. The zero-order valence-electron chi connectivity index (χ0n) is 14.4. The van der Waals surface area contributed by atoms with Gasteiger partial charge in [-0.1, -0.05) is 29.8 Å². The summed E-state index contributed by atoms with van der Waals surface area (Å²) in [6, 6.07) is 8.22. The molecule has 0 saturated heterocycles.